The largest absolute Gasteiger partial charge is 0.444 e. The van der Waals surface area contributed by atoms with E-state index in [4.69, 9.17) is 4.74 Å². The van der Waals surface area contributed by atoms with E-state index in [1.165, 1.54) is 0 Å². The van der Waals surface area contributed by atoms with Gasteiger partial charge in [-0.1, -0.05) is 29.8 Å². The third-order valence-corrected chi connectivity index (χ3v) is 3.01. The van der Waals surface area contributed by atoms with Gasteiger partial charge in [-0.3, -0.25) is 4.79 Å². The fraction of sp³-hybridized carbons (Fsp3) is 0.556. The quantitative estimate of drug-likeness (QED) is 0.876. The van der Waals surface area contributed by atoms with Crippen molar-refractivity contribution in [2.45, 2.75) is 59.1 Å². The molecular weight excluding hydrogens is 292 g/mol. The van der Waals surface area contributed by atoms with Crippen LogP contribution >= 0.6 is 0 Å². The number of benzene rings is 1. The predicted molar refractivity (Wildman–Crippen MR) is 91.3 cm³/mol. The average molecular weight is 320 g/mol. The van der Waals surface area contributed by atoms with Crippen molar-refractivity contribution in [3.63, 3.8) is 0 Å². The molecule has 2 N–H and O–H groups in total. The normalized spacial score (nSPS) is 11.7. The molecule has 23 heavy (non-hydrogen) atoms. The Hall–Kier alpha value is -2.04. The van der Waals surface area contributed by atoms with Gasteiger partial charge in [0, 0.05) is 6.54 Å². The molecule has 0 radical (unpaired) electrons. The van der Waals surface area contributed by atoms with Gasteiger partial charge in [0.15, 0.2) is 0 Å². The second-order valence-electron chi connectivity index (χ2n) is 7.45. The highest BCUT2D eigenvalue weighted by atomic mass is 16.6. The predicted octanol–water partition coefficient (Wildman–Crippen LogP) is 2.96. The van der Waals surface area contributed by atoms with Gasteiger partial charge in [0.1, 0.15) is 5.60 Å². The molecule has 0 unspecified atom stereocenters. The molecule has 0 aromatic heterocycles. The Bertz CT molecular complexity index is 560. The molecular formula is C18H28N2O3. The Kier molecular flexibility index (Phi) is 6.19. The standard InChI is InChI=1S/C18H28N2O3/c1-13-8-7-9-14(10-13)11-15(21)19-12-18(5,6)20-16(22)23-17(2,3)4/h7-10H,11-12H2,1-6H3,(H,19,21)(H,20,22). The fourth-order valence-corrected chi connectivity index (χ4v) is 2.01. The molecule has 5 nitrogen and oxygen atoms in total. The molecule has 1 aromatic rings. The molecule has 5 heteroatoms. The summed E-state index contributed by atoms with van der Waals surface area (Å²) in [5.74, 6) is -0.0744. The summed E-state index contributed by atoms with van der Waals surface area (Å²) in [6.07, 6.45) is -0.167. The zero-order chi connectivity index (χ0) is 17.7. The lowest BCUT2D eigenvalue weighted by Crippen LogP contribution is -2.52. The van der Waals surface area contributed by atoms with E-state index in [2.05, 4.69) is 10.6 Å². The number of amides is 2. The summed E-state index contributed by atoms with van der Waals surface area (Å²) in [5, 5.41) is 5.62. The van der Waals surface area contributed by atoms with Crippen LogP contribution in [0.3, 0.4) is 0 Å². The number of hydrogen-bond donors (Lipinski definition) is 2. The van der Waals surface area contributed by atoms with Gasteiger partial charge >= 0.3 is 6.09 Å². The topological polar surface area (TPSA) is 67.4 Å². The van der Waals surface area contributed by atoms with E-state index in [1.54, 1.807) is 0 Å². The Morgan fingerprint density at radius 3 is 2.35 bits per heavy atom. The highest BCUT2D eigenvalue weighted by Crippen LogP contribution is 2.09. The number of hydrogen-bond acceptors (Lipinski definition) is 3. The van der Waals surface area contributed by atoms with E-state index in [1.807, 2.05) is 65.8 Å². The first-order valence-corrected chi connectivity index (χ1v) is 7.80. The van der Waals surface area contributed by atoms with Crippen LogP contribution in [0, 0.1) is 6.92 Å². The Balaban J connectivity index is 2.45. The van der Waals surface area contributed by atoms with Gasteiger partial charge in [-0.25, -0.2) is 4.79 Å². The Labute approximate surface area is 138 Å². The molecule has 0 fully saturated rings. The third-order valence-electron chi connectivity index (χ3n) is 3.01. The van der Waals surface area contributed by atoms with Gasteiger partial charge in [0.25, 0.3) is 0 Å². The van der Waals surface area contributed by atoms with Crippen molar-refractivity contribution >= 4 is 12.0 Å². The van der Waals surface area contributed by atoms with Crippen LogP contribution < -0.4 is 10.6 Å². The summed E-state index contributed by atoms with van der Waals surface area (Å²) in [5.41, 5.74) is 0.960. The summed E-state index contributed by atoms with van der Waals surface area (Å²) in [7, 11) is 0. The molecule has 0 aliphatic rings. The van der Waals surface area contributed by atoms with Crippen LogP contribution in [0.15, 0.2) is 24.3 Å². The maximum absolute atomic E-state index is 12.0. The molecule has 1 rings (SSSR count). The molecule has 0 atom stereocenters. The van der Waals surface area contributed by atoms with Gasteiger partial charge in [-0.2, -0.15) is 0 Å². The summed E-state index contributed by atoms with van der Waals surface area (Å²) < 4.78 is 5.23. The summed E-state index contributed by atoms with van der Waals surface area (Å²) in [6, 6.07) is 7.85. The van der Waals surface area contributed by atoms with Gasteiger partial charge < -0.3 is 15.4 Å². The molecule has 0 bridgehead atoms. The lowest BCUT2D eigenvalue weighted by atomic mass is 10.1. The van der Waals surface area contributed by atoms with E-state index in [0.29, 0.717) is 13.0 Å². The number of carbonyl (C=O) groups is 2. The van der Waals surface area contributed by atoms with Gasteiger partial charge in [-0.05, 0) is 47.1 Å². The summed E-state index contributed by atoms with van der Waals surface area (Å²) in [6.45, 7) is 11.4. The molecule has 2 amide bonds. The number of alkyl carbamates (subject to hydrolysis) is 1. The van der Waals surface area contributed by atoms with Gasteiger partial charge in [0.05, 0.1) is 12.0 Å². The number of carbonyl (C=O) groups excluding carboxylic acids is 2. The highest BCUT2D eigenvalue weighted by Gasteiger charge is 2.25. The van der Waals surface area contributed by atoms with Crippen LogP contribution in [0.5, 0.6) is 0 Å². The first kappa shape index (κ1) is 19.0. The SMILES string of the molecule is Cc1cccc(CC(=O)NCC(C)(C)NC(=O)OC(C)(C)C)c1. The zero-order valence-electron chi connectivity index (χ0n) is 14.9. The minimum atomic E-state index is -0.593. The molecule has 1 aromatic carbocycles. The minimum Gasteiger partial charge on any atom is -0.444 e. The van der Waals surface area contributed by atoms with Crippen LogP contribution in [0.2, 0.25) is 0 Å². The molecule has 0 aliphatic heterocycles. The van der Waals surface area contributed by atoms with Crippen molar-refractivity contribution in [1.29, 1.82) is 0 Å². The maximum atomic E-state index is 12.0. The van der Waals surface area contributed by atoms with Crippen LogP contribution in [-0.4, -0.2) is 29.7 Å². The van der Waals surface area contributed by atoms with Crippen LogP contribution in [0.4, 0.5) is 4.79 Å². The van der Waals surface area contributed by atoms with Crippen molar-refractivity contribution in [3.8, 4) is 0 Å². The molecule has 0 spiro atoms. The van der Waals surface area contributed by atoms with Crippen molar-refractivity contribution in [2.24, 2.45) is 0 Å². The average Bonchev–Trinajstić information content (AvgIpc) is 2.33. The summed E-state index contributed by atoms with van der Waals surface area (Å²) in [4.78, 5) is 23.8. The lowest BCUT2D eigenvalue weighted by molar-refractivity contribution is -0.120. The number of rotatable bonds is 5. The monoisotopic (exact) mass is 320 g/mol. The minimum absolute atomic E-state index is 0.0744. The Morgan fingerprint density at radius 2 is 1.78 bits per heavy atom. The van der Waals surface area contributed by atoms with E-state index >= 15 is 0 Å². The van der Waals surface area contributed by atoms with Crippen molar-refractivity contribution in [1.82, 2.24) is 10.6 Å². The second kappa shape index (κ2) is 7.49. The maximum Gasteiger partial charge on any atom is 0.408 e. The summed E-state index contributed by atoms with van der Waals surface area (Å²) >= 11 is 0. The molecule has 0 saturated heterocycles. The van der Waals surface area contributed by atoms with Crippen molar-refractivity contribution < 1.29 is 14.3 Å². The zero-order valence-corrected chi connectivity index (χ0v) is 14.9. The molecule has 0 aliphatic carbocycles. The highest BCUT2D eigenvalue weighted by molar-refractivity contribution is 5.78. The van der Waals surface area contributed by atoms with E-state index in [0.717, 1.165) is 11.1 Å². The van der Waals surface area contributed by atoms with Gasteiger partial charge in [-0.15, -0.1) is 0 Å². The molecule has 0 heterocycles. The first-order chi connectivity index (χ1) is 10.5. The Morgan fingerprint density at radius 1 is 1.13 bits per heavy atom. The third kappa shape index (κ3) is 8.24. The van der Waals surface area contributed by atoms with Gasteiger partial charge in [0.2, 0.25) is 5.91 Å². The number of ether oxygens (including phenoxy) is 1. The molecule has 128 valence electrons. The van der Waals surface area contributed by atoms with Crippen LogP contribution in [0.1, 0.15) is 45.7 Å². The van der Waals surface area contributed by atoms with E-state index in [9.17, 15) is 9.59 Å². The van der Waals surface area contributed by atoms with Crippen LogP contribution in [-0.2, 0) is 16.0 Å². The van der Waals surface area contributed by atoms with E-state index in [-0.39, 0.29) is 5.91 Å². The number of aryl methyl sites for hydroxylation is 1. The lowest BCUT2D eigenvalue weighted by Gasteiger charge is -2.28. The fourth-order valence-electron chi connectivity index (χ4n) is 2.01. The van der Waals surface area contributed by atoms with E-state index < -0.39 is 17.2 Å². The molecule has 0 saturated carbocycles. The second-order valence-corrected chi connectivity index (χ2v) is 7.45. The smallest absolute Gasteiger partial charge is 0.408 e. The van der Waals surface area contributed by atoms with Crippen molar-refractivity contribution in [2.75, 3.05) is 6.54 Å². The van der Waals surface area contributed by atoms with Crippen molar-refractivity contribution in [3.05, 3.63) is 35.4 Å². The van der Waals surface area contributed by atoms with Crippen LogP contribution in [0.25, 0.3) is 0 Å². The first-order valence-electron chi connectivity index (χ1n) is 7.80. The number of nitrogens with one attached hydrogen (secondary N) is 2.